The number of anilines is 1. The lowest BCUT2D eigenvalue weighted by atomic mass is 10.1. The predicted molar refractivity (Wildman–Crippen MR) is 55.5 cm³/mol. The van der Waals surface area contributed by atoms with E-state index in [4.69, 9.17) is 4.74 Å². The molecule has 1 saturated heterocycles. The van der Waals surface area contributed by atoms with Gasteiger partial charge in [0.05, 0.1) is 23.7 Å². The second-order valence-corrected chi connectivity index (χ2v) is 3.87. The van der Waals surface area contributed by atoms with Gasteiger partial charge in [-0.05, 0) is 26.7 Å². The summed E-state index contributed by atoms with van der Waals surface area (Å²) in [5.41, 5.74) is 3.28. The van der Waals surface area contributed by atoms with E-state index < -0.39 is 0 Å². The molecular weight excluding hydrogens is 178 g/mol. The molecule has 1 aliphatic rings. The van der Waals surface area contributed by atoms with Crippen LogP contribution in [-0.2, 0) is 4.74 Å². The van der Waals surface area contributed by atoms with Crippen LogP contribution in [0.1, 0.15) is 24.2 Å². The van der Waals surface area contributed by atoms with Crippen molar-refractivity contribution in [2.75, 3.05) is 18.5 Å². The number of nitrogens with one attached hydrogen (secondary N) is 2. The van der Waals surface area contributed by atoms with Crippen LogP contribution in [-0.4, -0.2) is 29.5 Å². The molecule has 2 rings (SSSR count). The third kappa shape index (κ3) is 1.90. The third-order valence-electron chi connectivity index (χ3n) is 2.64. The van der Waals surface area contributed by atoms with Crippen molar-refractivity contribution in [3.05, 3.63) is 11.4 Å². The first-order valence-electron chi connectivity index (χ1n) is 5.13. The Labute approximate surface area is 84.0 Å². The average Bonchev–Trinajstić information content (AvgIpc) is 2.51. The predicted octanol–water partition coefficient (Wildman–Crippen LogP) is 1.62. The first-order chi connectivity index (χ1) is 6.77. The van der Waals surface area contributed by atoms with E-state index in [1.807, 2.05) is 13.8 Å². The molecule has 1 aromatic rings. The number of H-pyrrole nitrogens is 1. The number of nitrogens with zero attached hydrogens (tertiary/aromatic N) is 1. The van der Waals surface area contributed by atoms with Crippen molar-refractivity contribution in [2.45, 2.75) is 32.7 Å². The van der Waals surface area contributed by atoms with Crippen molar-refractivity contribution in [1.29, 1.82) is 0 Å². The molecule has 1 aliphatic heterocycles. The minimum Gasteiger partial charge on any atom is -0.379 e. The summed E-state index contributed by atoms with van der Waals surface area (Å²) in [6.45, 7) is 5.76. The normalized spacial score (nSPS) is 22.3. The maximum absolute atomic E-state index is 5.42. The van der Waals surface area contributed by atoms with Crippen LogP contribution in [0, 0.1) is 13.8 Å². The molecule has 4 nitrogen and oxygen atoms in total. The third-order valence-corrected chi connectivity index (χ3v) is 2.64. The highest BCUT2D eigenvalue weighted by molar-refractivity contribution is 5.52. The van der Waals surface area contributed by atoms with E-state index in [2.05, 4.69) is 15.5 Å². The number of aryl methyl sites for hydroxylation is 2. The quantitative estimate of drug-likeness (QED) is 0.754. The van der Waals surface area contributed by atoms with E-state index in [1.54, 1.807) is 0 Å². The largest absolute Gasteiger partial charge is 0.379 e. The smallest absolute Gasteiger partial charge is 0.0825 e. The summed E-state index contributed by atoms with van der Waals surface area (Å²) < 4.78 is 5.42. The molecule has 0 saturated carbocycles. The van der Waals surface area contributed by atoms with E-state index in [0.29, 0.717) is 6.04 Å². The molecule has 78 valence electrons. The second-order valence-electron chi connectivity index (χ2n) is 3.87. The molecular formula is C10H17N3O. The zero-order valence-electron chi connectivity index (χ0n) is 8.76. The second kappa shape index (κ2) is 4.00. The van der Waals surface area contributed by atoms with Gasteiger partial charge in [-0.2, -0.15) is 5.10 Å². The molecule has 1 unspecified atom stereocenters. The number of aromatic amines is 1. The van der Waals surface area contributed by atoms with E-state index in [0.717, 1.165) is 36.7 Å². The Kier molecular flexibility index (Phi) is 2.72. The Bertz CT molecular complexity index is 283. The topological polar surface area (TPSA) is 49.9 Å². The van der Waals surface area contributed by atoms with Gasteiger partial charge in [0.2, 0.25) is 0 Å². The minimum atomic E-state index is 0.443. The Morgan fingerprint density at radius 2 is 2.36 bits per heavy atom. The van der Waals surface area contributed by atoms with Gasteiger partial charge in [0.1, 0.15) is 0 Å². The van der Waals surface area contributed by atoms with Crippen molar-refractivity contribution in [1.82, 2.24) is 10.2 Å². The van der Waals surface area contributed by atoms with E-state index >= 15 is 0 Å². The number of hydrogen-bond donors (Lipinski definition) is 2. The lowest BCUT2D eigenvalue weighted by Gasteiger charge is -2.24. The van der Waals surface area contributed by atoms with Crippen molar-refractivity contribution in [3.8, 4) is 0 Å². The van der Waals surface area contributed by atoms with Crippen LogP contribution in [0.2, 0.25) is 0 Å². The SMILES string of the molecule is Cc1n[nH]c(C)c1NC1CCCOC1. The summed E-state index contributed by atoms with van der Waals surface area (Å²) in [4.78, 5) is 0. The monoisotopic (exact) mass is 195 g/mol. The number of ether oxygens (including phenoxy) is 1. The molecule has 1 fully saturated rings. The molecule has 2 N–H and O–H groups in total. The zero-order chi connectivity index (χ0) is 9.97. The molecule has 1 aromatic heterocycles. The van der Waals surface area contributed by atoms with Crippen molar-refractivity contribution in [2.24, 2.45) is 0 Å². The van der Waals surface area contributed by atoms with Gasteiger partial charge in [-0.3, -0.25) is 5.10 Å². The first-order valence-corrected chi connectivity index (χ1v) is 5.13. The van der Waals surface area contributed by atoms with E-state index in [-0.39, 0.29) is 0 Å². The lowest BCUT2D eigenvalue weighted by molar-refractivity contribution is 0.0876. The highest BCUT2D eigenvalue weighted by Gasteiger charge is 2.16. The van der Waals surface area contributed by atoms with Crippen molar-refractivity contribution in [3.63, 3.8) is 0 Å². The summed E-state index contributed by atoms with van der Waals surface area (Å²) >= 11 is 0. The van der Waals surface area contributed by atoms with Gasteiger partial charge in [-0.15, -0.1) is 0 Å². The number of aromatic nitrogens is 2. The van der Waals surface area contributed by atoms with Gasteiger partial charge in [-0.1, -0.05) is 0 Å². The fraction of sp³-hybridized carbons (Fsp3) is 0.700. The maximum Gasteiger partial charge on any atom is 0.0825 e. The molecule has 0 amide bonds. The van der Waals surface area contributed by atoms with Gasteiger partial charge >= 0.3 is 0 Å². The fourth-order valence-electron chi connectivity index (χ4n) is 1.82. The Morgan fingerprint density at radius 1 is 1.50 bits per heavy atom. The lowest BCUT2D eigenvalue weighted by Crippen LogP contribution is -2.30. The van der Waals surface area contributed by atoms with Crippen molar-refractivity contribution < 1.29 is 4.74 Å². The van der Waals surface area contributed by atoms with Gasteiger partial charge in [0, 0.05) is 12.6 Å². The van der Waals surface area contributed by atoms with Crippen LogP contribution >= 0.6 is 0 Å². The molecule has 0 aromatic carbocycles. The standard InChI is InChI=1S/C10H17N3O/c1-7-10(8(2)13-12-7)11-9-4-3-5-14-6-9/h9,11H,3-6H2,1-2H3,(H,12,13). The van der Waals surface area contributed by atoms with Gasteiger partial charge in [0.15, 0.2) is 0 Å². The van der Waals surface area contributed by atoms with Crippen LogP contribution < -0.4 is 5.32 Å². The number of hydrogen-bond acceptors (Lipinski definition) is 3. The maximum atomic E-state index is 5.42. The van der Waals surface area contributed by atoms with Crippen LogP contribution in [0.15, 0.2) is 0 Å². The van der Waals surface area contributed by atoms with Crippen LogP contribution in [0.5, 0.6) is 0 Å². The first kappa shape index (κ1) is 9.52. The molecule has 0 radical (unpaired) electrons. The average molecular weight is 195 g/mol. The van der Waals surface area contributed by atoms with E-state index in [1.165, 1.54) is 6.42 Å². The van der Waals surface area contributed by atoms with Crippen LogP contribution in [0.25, 0.3) is 0 Å². The molecule has 0 spiro atoms. The van der Waals surface area contributed by atoms with E-state index in [9.17, 15) is 0 Å². The molecule has 1 atom stereocenters. The molecule has 4 heteroatoms. The fourth-order valence-corrected chi connectivity index (χ4v) is 1.82. The minimum absolute atomic E-state index is 0.443. The zero-order valence-corrected chi connectivity index (χ0v) is 8.76. The van der Waals surface area contributed by atoms with Crippen molar-refractivity contribution >= 4 is 5.69 Å². The van der Waals surface area contributed by atoms with Gasteiger partial charge < -0.3 is 10.1 Å². The highest BCUT2D eigenvalue weighted by Crippen LogP contribution is 2.19. The summed E-state index contributed by atoms with van der Waals surface area (Å²) in [6.07, 6.45) is 2.33. The Morgan fingerprint density at radius 3 is 2.93 bits per heavy atom. The molecule has 14 heavy (non-hydrogen) atoms. The molecule has 0 bridgehead atoms. The summed E-state index contributed by atoms with van der Waals surface area (Å²) in [6, 6.07) is 0.443. The Hall–Kier alpha value is -1.03. The molecule has 2 heterocycles. The van der Waals surface area contributed by atoms with Gasteiger partial charge in [0.25, 0.3) is 0 Å². The van der Waals surface area contributed by atoms with Crippen LogP contribution in [0.4, 0.5) is 5.69 Å². The molecule has 0 aliphatic carbocycles. The summed E-state index contributed by atoms with van der Waals surface area (Å²) in [5.74, 6) is 0. The highest BCUT2D eigenvalue weighted by atomic mass is 16.5. The Balaban J connectivity index is 2.02. The van der Waals surface area contributed by atoms with Crippen LogP contribution in [0.3, 0.4) is 0 Å². The van der Waals surface area contributed by atoms with Gasteiger partial charge in [-0.25, -0.2) is 0 Å². The summed E-state index contributed by atoms with van der Waals surface area (Å²) in [5, 5.41) is 10.6. The summed E-state index contributed by atoms with van der Waals surface area (Å²) in [7, 11) is 0. The number of rotatable bonds is 2.